The van der Waals surface area contributed by atoms with Crippen molar-refractivity contribution in [3.05, 3.63) is 35.1 Å². The summed E-state index contributed by atoms with van der Waals surface area (Å²) in [7, 11) is 0. The van der Waals surface area contributed by atoms with E-state index in [2.05, 4.69) is 23.5 Å². The third-order valence-corrected chi connectivity index (χ3v) is 9.66. The Balaban J connectivity index is 1.28. The summed E-state index contributed by atoms with van der Waals surface area (Å²) in [6, 6.07) is 5.97. The first-order valence-electron chi connectivity index (χ1n) is 13.3. The van der Waals surface area contributed by atoms with Crippen LogP contribution in [0, 0.1) is 29.0 Å². The minimum absolute atomic E-state index is 0.0520. The van der Waals surface area contributed by atoms with E-state index in [0.29, 0.717) is 36.1 Å². The van der Waals surface area contributed by atoms with Crippen LogP contribution in [-0.2, 0) is 11.2 Å². The van der Waals surface area contributed by atoms with Gasteiger partial charge in [0.05, 0.1) is 5.71 Å². The lowest BCUT2D eigenvalue weighted by Crippen LogP contribution is -2.44. The van der Waals surface area contributed by atoms with Gasteiger partial charge in [-0.1, -0.05) is 43.5 Å². The third-order valence-electron chi connectivity index (χ3n) is 9.66. The molecule has 0 aromatic heterocycles. The van der Waals surface area contributed by atoms with Gasteiger partial charge in [-0.2, -0.15) is 0 Å². The fourth-order valence-electron chi connectivity index (χ4n) is 8.15. The molecule has 0 spiro atoms. The summed E-state index contributed by atoms with van der Waals surface area (Å²) in [5, 5.41) is 16.9. The number of oxime groups is 1. The Hall–Kier alpha value is -1.91. The Morgan fingerprint density at radius 2 is 2.03 bits per heavy atom. The molecule has 5 rings (SSSR count). The normalized spacial score (nSPS) is 35.0. The van der Waals surface area contributed by atoms with Crippen molar-refractivity contribution >= 4 is 11.6 Å². The molecule has 4 nitrogen and oxygen atoms in total. The number of hydrogen-bond donors (Lipinski definition) is 2. The van der Waals surface area contributed by atoms with Gasteiger partial charge in [-0.3, -0.25) is 4.79 Å². The molecule has 2 N–H and O–H groups in total. The van der Waals surface area contributed by atoms with Gasteiger partial charge >= 0.3 is 0 Å². The van der Waals surface area contributed by atoms with Gasteiger partial charge < -0.3 is 10.5 Å². The van der Waals surface area contributed by atoms with Gasteiger partial charge in [-0.25, -0.2) is 4.39 Å². The number of nitrogens with one attached hydrogen (secondary N) is 1. The summed E-state index contributed by atoms with van der Waals surface area (Å²) in [5.74, 6) is 1.92. The van der Waals surface area contributed by atoms with E-state index >= 15 is 0 Å². The third kappa shape index (κ3) is 4.21. The van der Waals surface area contributed by atoms with Crippen molar-refractivity contribution in [2.45, 2.75) is 102 Å². The second-order valence-electron chi connectivity index (χ2n) is 11.4. The molecule has 3 unspecified atom stereocenters. The number of carbonyl (C=O) groups is 1. The second kappa shape index (κ2) is 9.38. The van der Waals surface area contributed by atoms with Gasteiger partial charge in [0.1, 0.15) is 5.82 Å². The minimum atomic E-state index is -0.0736. The minimum Gasteiger partial charge on any atom is -0.411 e. The fourth-order valence-corrected chi connectivity index (χ4v) is 8.15. The summed E-state index contributed by atoms with van der Waals surface area (Å²) in [6.07, 6.45) is 13.1. The zero-order chi connectivity index (χ0) is 23.0. The van der Waals surface area contributed by atoms with Crippen LogP contribution in [0.15, 0.2) is 23.4 Å². The molecule has 4 aliphatic rings. The summed E-state index contributed by atoms with van der Waals surface area (Å²) < 4.78 is 14.5. The fraction of sp³-hybridized carbons (Fsp3) is 0.714. The van der Waals surface area contributed by atoms with E-state index in [1.807, 2.05) is 6.07 Å². The number of nitrogens with zero attached hydrogens (tertiary/aromatic N) is 1. The first-order chi connectivity index (χ1) is 16.0. The molecule has 5 atom stereocenters. The van der Waals surface area contributed by atoms with E-state index in [-0.39, 0.29) is 17.1 Å². The van der Waals surface area contributed by atoms with Crippen LogP contribution in [0.4, 0.5) is 4.39 Å². The van der Waals surface area contributed by atoms with Crippen LogP contribution >= 0.6 is 0 Å². The van der Waals surface area contributed by atoms with E-state index in [0.717, 1.165) is 69.1 Å². The second-order valence-corrected chi connectivity index (χ2v) is 11.4. The molecule has 1 aromatic rings. The quantitative estimate of drug-likeness (QED) is 0.402. The van der Waals surface area contributed by atoms with E-state index in [1.54, 1.807) is 6.07 Å². The number of halogens is 1. The number of carbonyl (C=O) groups excluding carboxylic acids is 1. The van der Waals surface area contributed by atoms with Gasteiger partial charge in [0.2, 0.25) is 5.91 Å². The van der Waals surface area contributed by atoms with Crippen LogP contribution in [0.2, 0.25) is 0 Å². The van der Waals surface area contributed by atoms with Crippen LogP contribution in [0.5, 0.6) is 0 Å². The Morgan fingerprint density at radius 3 is 2.82 bits per heavy atom. The lowest BCUT2D eigenvalue weighted by atomic mass is 9.54. The van der Waals surface area contributed by atoms with Crippen molar-refractivity contribution in [2.24, 2.45) is 28.3 Å². The number of rotatable bonds is 5. The monoisotopic (exact) mass is 454 g/mol. The van der Waals surface area contributed by atoms with E-state index in [1.165, 1.54) is 24.8 Å². The van der Waals surface area contributed by atoms with Gasteiger partial charge in [0.25, 0.3) is 0 Å². The smallest absolute Gasteiger partial charge is 0.220 e. The first kappa shape index (κ1) is 22.9. The van der Waals surface area contributed by atoms with Crippen LogP contribution in [-0.4, -0.2) is 22.9 Å². The Labute approximate surface area is 197 Å². The highest BCUT2D eigenvalue weighted by Crippen LogP contribution is 2.62. The van der Waals surface area contributed by atoms with Crippen LogP contribution < -0.4 is 5.32 Å². The molecule has 1 aromatic carbocycles. The van der Waals surface area contributed by atoms with Crippen LogP contribution in [0.25, 0.3) is 0 Å². The molecule has 180 valence electrons. The van der Waals surface area contributed by atoms with Gasteiger partial charge in [0.15, 0.2) is 0 Å². The van der Waals surface area contributed by atoms with E-state index in [4.69, 9.17) is 0 Å². The molecule has 3 fully saturated rings. The highest BCUT2D eigenvalue weighted by Gasteiger charge is 2.57. The molecule has 0 aliphatic heterocycles. The van der Waals surface area contributed by atoms with Crippen molar-refractivity contribution < 1.29 is 14.4 Å². The molecule has 1 amide bonds. The summed E-state index contributed by atoms with van der Waals surface area (Å²) >= 11 is 0. The van der Waals surface area contributed by atoms with E-state index < -0.39 is 0 Å². The predicted octanol–water partition coefficient (Wildman–Crippen LogP) is 6.36. The average molecular weight is 455 g/mol. The zero-order valence-electron chi connectivity index (χ0n) is 20.0. The van der Waals surface area contributed by atoms with Crippen LogP contribution in [0.3, 0.4) is 0 Å². The van der Waals surface area contributed by atoms with Gasteiger partial charge in [0, 0.05) is 17.9 Å². The Bertz CT molecular complexity index is 909. The van der Waals surface area contributed by atoms with Crippen LogP contribution in [0.1, 0.15) is 101 Å². The zero-order valence-corrected chi connectivity index (χ0v) is 20.0. The molecule has 0 radical (unpaired) electrons. The number of amides is 1. The highest BCUT2D eigenvalue weighted by molar-refractivity contribution is 5.92. The standard InChI is InChI=1S/C28H39FN2O2/c1-28-16-15-21-20-10-6-11-24(29)22(20)13-14-23(21)27(28)18(17-25(28)31-33)7-5-12-26(32)30-19-8-3-2-4-9-19/h6,10-11,18-19,21,23,27,33H,2-5,7-9,12-17H2,1H3,(H,30,32)/b31-25+/t18-,21?,23?,27?,28-/m1/s1. The van der Waals surface area contributed by atoms with Crippen molar-refractivity contribution in [1.82, 2.24) is 5.32 Å². The van der Waals surface area contributed by atoms with Crippen molar-refractivity contribution in [3.8, 4) is 0 Å². The lowest BCUT2D eigenvalue weighted by molar-refractivity contribution is -0.122. The largest absolute Gasteiger partial charge is 0.411 e. The first-order valence-corrected chi connectivity index (χ1v) is 13.3. The molecule has 33 heavy (non-hydrogen) atoms. The van der Waals surface area contributed by atoms with E-state index in [9.17, 15) is 14.4 Å². The SMILES string of the molecule is C[C@]12CCC3c4cccc(F)c4CCC3C1[C@H](CCCC(=O)NC1CCCCC1)C/C2=N\O. The Kier molecular flexibility index (Phi) is 6.50. The average Bonchev–Trinajstić information content (AvgIpc) is 3.11. The van der Waals surface area contributed by atoms with Gasteiger partial charge in [-0.15, -0.1) is 0 Å². The maximum absolute atomic E-state index is 14.5. The van der Waals surface area contributed by atoms with Crippen molar-refractivity contribution in [1.29, 1.82) is 0 Å². The van der Waals surface area contributed by atoms with Crippen molar-refractivity contribution in [3.63, 3.8) is 0 Å². The maximum Gasteiger partial charge on any atom is 0.220 e. The topological polar surface area (TPSA) is 61.7 Å². The molecule has 4 aliphatic carbocycles. The van der Waals surface area contributed by atoms with Gasteiger partial charge in [-0.05, 0) is 98.7 Å². The molecule has 0 bridgehead atoms. The molecule has 0 heterocycles. The molecule has 5 heteroatoms. The summed E-state index contributed by atoms with van der Waals surface area (Å²) in [4.78, 5) is 12.5. The summed E-state index contributed by atoms with van der Waals surface area (Å²) in [6.45, 7) is 2.29. The molecule has 3 saturated carbocycles. The molecule has 0 saturated heterocycles. The molecular formula is C28H39FN2O2. The highest BCUT2D eigenvalue weighted by atomic mass is 19.1. The Morgan fingerprint density at radius 1 is 1.21 bits per heavy atom. The molecular weight excluding hydrogens is 415 g/mol. The number of benzene rings is 1. The number of fused-ring (bicyclic) bond motifs is 5. The number of hydrogen-bond acceptors (Lipinski definition) is 3. The lowest BCUT2D eigenvalue weighted by Gasteiger charge is -2.50. The van der Waals surface area contributed by atoms with Crippen molar-refractivity contribution in [2.75, 3.05) is 0 Å². The predicted molar refractivity (Wildman–Crippen MR) is 128 cm³/mol. The maximum atomic E-state index is 14.5. The summed E-state index contributed by atoms with van der Waals surface area (Å²) in [5.41, 5.74) is 3.02.